The van der Waals surface area contributed by atoms with E-state index in [9.17, 15) is 13.2 Å². The second kappa shape index (κ2) is 10.1. The maximum absolute atomic E-state index is 12.6. The van der Waals surface area contributed by atoms with Gasteiger partial charge >= 0.3 is 0 Å². The summed E-state index contributed by atoms with van der Waals surface area (Å²) in [6.07, 6.45) is 0.975. The highest BCUT2D eigenvalue weighted by Crippen LogP contribution is 2.23. The molecule has 0 aromatic heterocycles. The van der Waals surface area contributed by atoms with Gasteiger partial charge in [0.25, 0.3) is 10.0 Å². The molecule has 3 rings (SSSR count). The van der Waals surface area contributed by atoms with Crippen LogP contribution in [0, 0.1) is 0 Å². The van der Waals surface area contributed by atoms with Crippen LogP contribution in [0.3, 0.4) is 0 Å². The quantitative estimate of drug-likeness (QED) is 0.468. The highest BCUT2D eigenvalue weighted by Gasteiger charge is 2.15. The maximum Gasteiger partial charge on any atom is 0.261 e. The summed E-state index contributed by atoms with van der Waals surface area (Å²) in [5, 5.41) is 2.82. The van der Waals surface area contributed by atoms with Crippen LogP contribution in [-0.2, 0) is 26.7 Å². The molecule has 0 bridgehead atoms. The second-order valence-electron chi connectivity index (χ2n) is 8.85. The first-order valence-corrected chi connectivity index (χ1v) is 12.2. The number of amides is 1. The van der Waals surface area contributed by atoms with E-state index in [0.29, 0.717) is 30.0 Å². The standard InChI is InChI=1S/C26H30N2O4S/c1-26(2,3)20-8-5-19(6-9-20)7-18-25(29)27-21-12-16-24(17-13-21)33(30,31)28-22-10-14-23(32-4)15-11-22/h5-6,8-17,28H,7,18H2,1-4H3,(H,27,29). The number of benzene rings is 3. The van der Waals surface area contributed by atoms with Gasteiger partial charge in [-0.05, 0) is 71.5 Å². The number of hydrogen-bond donors (Lipinski definition) is 2. The second-order valence-corrected chi connectivity index (χ2v) is 10.5. The number of nitrogens with one attached hydrogen (secondary N) is 2. The average molecular weight is 467 g/mol. The Morgan fingerprint density at radius 3 is 1.97 bits per heavy atom. The van der Waals surface area contributed by atoms with Crippen molar-refractivity contribution in [1.29, 1.82) is 0 Å². The molecule has 174 valence electrons. The third kappa shape index (κ3) is 6.83. The van der Waals surface area contributed by atoms with Crippen LogP contribution in [0.25, 0.3) is 0 Å². The van der Waals surface area contributed by atoms with Crippen molar-refractivity contribution in [3.05, 3.63) is 83.9 Å². The van der Waals surface area contributed by atoms with Gasteiger partial charge in [0.15, 0.2) is 0 Å². The Balaban J connectivity index is 1.55. The molecule has 3 aromatic carbocycles. The Bertz CT molecular complexity index is 1180. The van der Waals surface area contributed by atoms with Crippen molar-refractivity contribution in [3.8, 4) is 5.75 Å². The molecule has 1 amide bonds. The van der Waals surface area contributed by atoms with Crippen molar-refractivity contribution < 1.29 is 17.9 Å². The fraction of sp³-hybridized carbons (Fsp3) is 0.269. The van der Waals surface area contributed by atoms with E-state index in [4.69, 9.17) is 4.74 Å². The zero-order chi connectivity index (χ0) is 24.1. The number of carbonyl (C=O) groups excluding carboxylic acids is 1. The Hall–Kier alpha value is -3.32. The number of ether oxygens (including phenoxy) is 1. The number of rotatable bonds is 8. The third-order valence-corrected chi connectivity index (χ3v) is 6.65. The molecule has 0 aliphatic heterocycles. The van der Waals surface area contributed by atoms with Gasteiger partial charge < -0.3 is 10.1 Å². The first kappa shape index (κ1) is 24.3. The van der Waals surface area contributed by atoms with Gasteiger partial charge in [0.05, 0.1) is 12.0 Å². The highest BCUT2D eigenvalue weighted by atomic mass is 32.2. The van der Waals surface area contributed by atoms with Crippen LogP contribution in [-0.4, -0.2) is 21.4 Å². The molecule has 6 nitrogen and oxygen atoms in total. The first-order valence-electron chi connectivity index (χ1n) is 10.7. The summed E-state index contributed by atoms with van der Waals surface area (Å²) in [4.78, 5) is 12.4. The van der Waals surface area contributed by atoms with E-state index in [2.05, 4.69) is 55.1 Å². The third-order valence-electron chi connectivity index (χ3n) is 5.25. The fourth-order valence-electron chi connectivity index (χ4n) is 3.24. The van der Waals surface area contributed by atoms with E-state index in [0.717, 1.165) is 5.56 Å². The molecule has 0 aliphatic rings. The lowest BCUT2D eigenvalue weighted by Gasteiger charge is -2.19. The van der Waals surface area contributed by atoms with Crippen molar-refractivity contribution >= 4 is 27.3 Å². The molecule has 2 N–H and O–H groups in total. The molecular weight excluding hydrogens is 436 g/mol. The molecule has 0 spiro atoms. The smallest absolute Gasteiger partial charge is 0.261 e. The summed E-state index contributed by atoms with van der Waals surface area (Å²) < 4.78 is 32.8. The van der Waals surface area contributed by atoms with Crippen molar-refractivity contribution in [2.45, 2.75) is 43.9 Å². The minimum absolute atomic E-state index is 0.0969. The van der Waals surface area contributed by atoms with E-state index in [1.807, 2.05) is 0 Å². The van der Waals surface area contributed by atoms with Crippen molar-refractivity contribution in [1.82, 2.24) is 0 Å². The van der Waals surface area contributed by atoms with Crippen LogP contribution in [0.5, 0.6) is 5.75 Å². The predicted octanol–water partition coefficient (Wildman–Crippen LogP) is 5.36. The molecule has 3 aromatic rings. The Morgan fingerprint density at radius 2 is 1.42 bits per heavy atom. The average Bonchev–Trinajstić information content (AvgIpc) is 2.78. The van der Waals surface area contributed by atoms with E-state index in [1.165, 1.54) is 17.7 Å². The van der Waals surface area contributed by atoms with Crippen molar-refractivity contribution in [2.24, 2.45) is 0 Å². The Morgan fingerprint density at radius 1 is 0.848 bits per heavy atom. The molecule has 0 atom stereocenters. The number of hydrogen-bond acceptors (Lipinski definition) is 4. The largest absolute Gasteiger partial charge is 0.497 e. The molecule has 0 radical (unpaired) electrons. The normalized spacial score (nSPS) is 11.6. The molecule has 0 saturated heterocycles. The van der Waals surface area contributed by atoms with Gasteiger partial charge in [0, 0.05) is 17.8 Å². The molecular formula is C26H30N2O4S. The molecule has 0 unspecified atom stereocenters. The Kier molecular flexibility index (Phi) is 7.43. The number of aryl methyl sites for hydroxylation is 1. The van der Waals surface area contributed by atoms with Crippen LogP contribution in [0.15, 0.2) is 77.7 Å². The van der Waals surface area contributed by atoms with E-state index < -0.39 is 10.0 Å². The maximum atomic E-state index is 12.6. The highest BCUT2D eigenvalue weighted by molar-refractivity contribution is 7.92. The number of anilines is 2. The van der Waals surface area contributed by atoms with Crippen LogP contribution >= 0.6 is 0 Å². The first-order chi connectivity index (χ1) is 15.6. The fourth-order valence-corrected chi connectivity index (χ4v) is 4.30. The molecule has 33 heavy (non-hydrogen) atoms. The van der Waals surface area contributed by atoms with Gasteiger partial charge in [-0.15, -0.1) is 0 Å². The van der Waals surface area contributed by atoms with Crippen molar-refractivity contribution in [3.63, 3.8) is 0 Å². The number of sulfonamides is 1. The summed E-state index contributed by atoms with van der Waals surface area (Å²) >= 11 is 0. The van der Waals surface area contributed by atoms with Gasteiger partial charge in [-0.25, -0.2) is 8.42 Å². The number of carbonyl (C=O) groups is 1. The van der Waals surface area contributed by atoms with E-state index in [-0.39, 0.29) is 16.2 Å². The molecule has 0 fully saturated rings. The Labute approximate surface area is 196 Å². The number of methoxy groups -OCH3 is 1. The van der Waals surface area contributed by atoms with E-state index >= 15 is 0 Å². The predicted molar refractivity (Wildman–Crippen MR) is 132 cm³/mol. The van der Waals surface area contributed by atoms with Gasteiger partial charge in [-0.2, -0.15) is 0 Å². The summed E-state index contributed by atoms with van der Waals surface area (Å²) in [5.41, 5.74) is 3.44. The topological polar surface area (TPSA) is 84.5 Å². The molecule has 0 aliphatic carbocycles. The minimum Gasteiger partial charge on any atom is -0.497 e. The van der Waals surface area contributed by atoms with Crippen molar-refractivity contribution in [2.75, 3.05) is 17.1 Å². The van der Waals surface area contributed by atoms with E-state index in [1.54, 1.807) is 43.5 Å². The van der Waals surface area contributed by atoms with Gasteiger partial charge in [0.1, 0.15) is 5.75 Å². The van der Waals surface area contributed by atoms with Crippen LogP contribution in [0.1, 0.15) is 38.3 Å². The summed E-state index contributed by atoms with van der Waals surface area (Å²) in [6.45, 7) is 6.50. The van der Waals surface area contributed by atoms with Gasteiger partial charge in [0.2, 0.25) is 5.91 Å². The van der Waals surface area contributed by atoms with Gasteiger partial charge in [-0.1, -0.05) is 45.0 Å². The van der Waals surface area contributed by atoms with Crippen LogP contribution in [0.4, 0.5) is 11.4 Å². The van der Waals surface area contributed by atoms with Crippen LogP contribution in [0.2, 0.25) is 0 Å². The zero-order valence-electron chi connectivity index (χ0n) is 19.4. The molecule has 0 saturated carbocycles. The monoisotopic (exact) mass is 466 g/mol. The minimum atomic E-state index is -3.74. The molecule has 7 heteroatoms. The summed E-state index contributed by atoms with van der Waals surface area (Å²) in [5.74, 6) is 0.516. The van der Waals surface area contributed by atoms with Crippen LogP contribution < -0.4 is 14.8 Å². The molecule has 0 heterocycles. The zero-order valence-corrected chi connectivity index (χ0v) is 20.2. The SMILES string of the molecule is COc1ccc(NS(=O)(=O)c2ccc(NC(=O)CCc3ccc(C(C)(C)C)cc3)cc2)cc1. The lowest BCUT2D eigenvalue weighted by atomic mass is 9.86. The summed E-state index contributed by atoms with van der Waals surface area (Å²) in [7, 11) is -2.20. The van der Waals surface area contributed by atoms with Gasteiger partial charge in [-0.3, -0.25) is 9.52 Å². The lowest BCUT2D eigenvalue weighted by molar-refractivity contribution is -0.116. The lowest BCUT2D eigenvalue weighted by Crippen LogP contribution is -2.14. The summed E-state index contributed by atoms with van der Waals surface area (Å²) in [6, 6.07) is 21.0.